The molecular formula is C13H12BrN3OS. The number of hydrogen-bond acceptors (Lipinski definition) is 4. The Kier molecular flexibility index (Phi) is 3.28. The first kappa shape index (κ1) is 12.6. The van der Waals surface area contributed by atoms with E-state index in [9.17, 15) is 4.79 Å². The standard InChI is InChI=1S/C13H12BrN3OS/c14-9-5-12(18)17(6-9)10-3-1-8(2-4-10)11-7-19-13(15)16-11/h1-4,7,9H,5-6H2,(H2,15,16). The van der Waals surface area contributed by atoms with Crippen LogP contribution in [0.2, 0.25) is 0 Å². The number of nitrogens with zero attached hydrogens (tertiary/aromatic N) is 2. The molecule has 1 aliphatic heterocycles. The normalized spacial score (nSPS) is 19.1. The lowest BCUT2D eigenvalue weighted by atomic mass is 10.1. The van der Waals surface area contributed by atoms with Crippen LogP contribution in [0.4, 0.5) is 10.8 Å². The van der Waals surface area contributed by atoms with Gasteiger partial charge in [0.25, 0.3) is 0 Å². The molecule has 2 N–H and O–H groups in total. The minimum absolute atomic E-state index is 0.160. The second kappa shape index (κ2) is 4.94. The number of hydrogen-bond donors (Lipinski definition) is 1. The highest BCUT2D eigenvalue weighted by molar-refractivity contribution is 9.09. The van der Waals surface area contributed by atoms with Crippen LogP contribution in [-0.2, 0) is 4.79 Å². The average molecular weight is 338 g/mol. The predicted octanol–water partition coefficient (Wildman–Crippen LogP) is 2.89. The summed E-state index contributed by atoms with van der Waals surface area (Å²) in [6.07, 6.45) is 0.560. The zero-order valence-electron chi connectivity index (χ0n) is 10.0. The Bertz CT molecular complexity index is 611. The van der Waals surface area contributed by atoms with Crippen LogP contribution in [0, 0.1) is 0 Å². The molecule has 98 valence electrons. The number of carbonyl (C=O) groups is 1. The molecule has 1 atom stereocenters. The van der Waals surface area contributed by atoms with Crippen molar-refractivity contribution in [1.82, 2.24) is 4.98 Å². The van der Waals surface area contributed by atoms with Gasteiger partial charge in [0, 0.05) is 34.4 Å². The number of nitrogen functional groups attached to an aromatic ring is 1. The van der Waals surface area contributed by atoms with Crippen molar-refractivity contribution in [2.75, 3.05) is 17.2 Å². The van der Waals surface area contributed by atoms with E-state index in [4.69, 9.17) is 5.73 Å². The quantitative estimate of drug-likeness (QED) is 0.857. The number of aromatic nitrogens is 1. The number of halogens is 1. The van der Waals surface area contributed by atoms with Gasteiger partial charge in [-0.2, -0.15) is 0 Å². The lowest BCUT2D eigenvalue weighted by molar-refractivity contribution is -0.117. The van der Waals surface area contributed by atoms with Crippen molar-refractivity contribution in [1.29, 1.82) is 0 Å². The van der Waals surface area contributed by atoms with E-state index in [0.717, 1.165) is 23.5 Å². The molecule has 3 rings (SSSR count). The molecule has 1 aromatic carbocycles. The van der Waals surface area contributed by atoms with Crippen LogP contribution in [0.25, 0.3) is 11.3 Å². The highest BCUT2D eigenvalue weighted by atomic mass is 79.9. The molecule has 1 aromatic heterocycles. The van der Waals surface area contributed by atoms with Crippen LogP contribution in [0.1, 0.15) is 6.42 Å². The second-order valence-electron chi connectivity index (χ2n) is 4.42. The molecule has 1 fully saturated rings. The maximum atomic E-state index is 11.8. The third-order valence-electron chi connectivity index (χ3n) is 3.07. The van der Waals surface area contributed by atoms with Crippen LogP contribution >= 0.6 is 27.3 Å². The first-order valence-corrected chi connectivity index (χ1v) is 7.69. The number of alkyl halides is 1. The van der Waals surface area contributed by atoms with Gasteiger partial charge in [0.1, 0.15) is 0 Å². The van der Waals surface area contributed by atoms with Crippen molar-refractivity contribution < 1.29 is 4.79 Å². The number of thiazole rings is 1. The van der Waals surface area contributed by atoms with Gasteiger partial charge < -0.3 is 10.6 Å². The summed E-state index contributed by atoms with van der Waals surface area (Å²) in [6, 6.07) is 7.85. The van der Waals surface area contributed by atoms with Crippen molar-refractivity contribution in [3.05, 3.63) is 29.6 Å². The van der Waals surface area contributed by atoms with E-state index in [1.807, 2.05) is 29.6 Å². The molecule has 1 aliphatic rings. The number of nitrogens with two attached hydrogens (primary N) is 1. The topological polar surface area (TPSA) is 59.2 Å². The Morgan fingerprint density at radius 1 is 1.37 bits per heavy atom. The van der Waals surface area contributed by atoms with E-state index in [0.29, 0.717) is 11.6 Å². The third-order valence-corrected chi connectivity index (χ3v) is 4.36. The first-order valence-electron chi connectivity index (χ1n) is 5.89. The number of benzene rings is 1. The van der Waals surface area contributed by atoms with Gasteiger partial charge in [-0.3, -0.25) is 4.79 Å². The third kappa shape index (κ3) is 2.50. The zero-order valence-corrected chi connectivity index (χ0v) is 12.4. The molecule has 1 saturated heterocycles. The zero-order chi connectivity index (χ0) is 13.4. The fraction of sp³-hybridized carbons (Fsp3) is 0.231. The molecule has 2 heterocycles. The lowest BCUT2D eigenvalue weighted by Gasteiger charge is -2.16. The van der Waals surface area contributed by atoms with Crippen molar-refractivity contribution in [3.8, 4) is 11.3 Å². The highest BCUT2D eigenvalue weighted by Crippen LogP contribution is 2.28. The van der Waals surface area contributed by atoms with E-state index in [-0.39, 0.29) is 10.7 Å². The number of amides is 1. The highest BCUT2D eigenvalue weighted by Gasteiger charge is 2.28. The van der Waals surface area contributed by atoms with Crippen molar-refractivity contribution in [2.45, 2.75) is 11.2 Å². The van der Waals surface area contributed by atoms with Crippen molar-refractivity contribution in [3.63, 3.8) is 0 Å². The largest absolute Gasteiger partial charge is 0.375 e. The van der Waals surface area contributed by atoms with E-state index < -0.39 is 0 Å². The summed E-state index contributed by atoms with van der Waals surface area (Å²) >= 11 is 4.91. The Balaban J connectivity index is 1.85. The smallest absolute Gasteiger partial charge is 0.228 e. The summed E-state index contributed by atoms with van der Waals surface area (Å²) < 4.78 is 0. The van der Waals surface area contributed by atoms with Gasteiger partial charge in [-0.05, 0) is 12.1 Å². The summed E-state index contributed by atoms with van der Waals surface area (Å²) in [4.78, 5) is 18.1. The summed E-state index contributed by atoms with van der Waals surface area (Å²) in [5.41, 5.74) is 8.45. The van der Waals surface area contributed by atoms with Crippen LogP contribution in [0.5, 0.6) is 0 Å². The van der Waals surface area contributed by atoms with Gasteiger partial charge in [0.2, 0.25) is 5.91 Å². The van der Waals surface area contributed by atoms with E-state index in [2.05, 4.69) is 20.9 Å². The maximum absolute atomic E-state index is 11.8. The van der Waals surface area contributed by atoms with Gasteiger partial charge in [0.15, 0.2) is 5.13 Å². The summed E-state index contributed by atoms with van der Waals surface area (Å²) in [5.74, 6) is 0.160. The molecule has 1 unspecified atom stereocenters. The number of carbonyl (C=O) groups excluding carboxylic acids is 1. The molecular weight excluding hydrogens is 326 g/mol. The minimum Gasteiger partial charge on any atom is -0.375 e. The van der Waals surface area contributed by atoms with Gasteiger partial charge in [-0.15, -0.1) is 11.3 Å². The molecule has 0 saturated carbocycles. The Morgan fingerprint density at radius 2 is 2.11 bits per heavy atom. The summed E-state index contributed by atoms with van der Waals surface area (Å²) in [5, 5.41) is 2.50. The van der Waals surface area contributed by atoms with Crippen LogP contribution in [0.3, 0.4) is 0 Å². The summed E-state index contributed by atoms with van der Waals surface area (Å²) in [6.45, 7) is 0.724. The van der Waals surface area contributed by atoms with Crippen molar-refractivity contribution in [2.24, 2.45) is 0 Å². The molecule has 19 heavy (non-hydrogen) atoms. The molecule has 4 nitrogen and oxygen atoms in total. The maximum Gasteiger partial charge on any atom is 0.228 e. The van der Waals surface area contributed by atoms with E-state index in [1.54, 1.807) is 4.90 Å². The molecule has 6 heteroatoms. The monoisotopic (exact) mass is 337 g/mol. The fourth-order valence-corrected chi connectivity index (χ4v) is 3.28. The molecule has 0 radical (unpaired) electrons. The van der Waals surface area contributed by atoms with Crippen molar-refractivity contribution >= 4 is 44.0 Å². The Labute approximate surface area is 123 Å². The van der Waals surface area contributed by atoms with Crippen LogP contribution < -0.4 is 10.6 Å². The molecule has 0 aliphatic carbocycles. The molecule has 0 bridgehead atoms. The van der Waals surface area contributed by atoms with Gasteiger partial charge in [-0.25, -0.2) is 4.98 Å². The van der Waals surface area contributed by atoms with E-state index in [1.165, 1.54) is 11.3 Å². The lowest BCUT2D eigenvalue weighted by Crippen LogP contribution is -2.24. The molecule has 0 spiro atoms. The molecule has 1 amide bonds. The number of anilines is 2. The van der Waals surface area contributed by atoms with Gasteiger partial charge in [-0.1, -0.05) is 28.1 Å². The van der Waals surface area contributed by atoms with Crippen LogP contribution in [-0.4, -0.2) is 22.3 Å². The summed E-state index contributed by atoms with van der Waals surface area (Å²) in [7, 11) is 0. The minimum atomic E-state index is 0.160. The fourth-order valence-electron chi connectivity index (χ4n) is 2.15. The predicted molar refractivity (Wildman–Crippen MR) is 81.6 cm³/mol. The SMILES string of the molecule is Nc1nc(-c2ccc(N3CC(Br)CC3=O)cc2)cs1. The van der Waals surface area contributed by atoms with E-state index >= 15 is 0 Å². The Morgan fingerprint density at radius 3 is 2.63 bits per heavy atom. The van der Waals surface area contributed by atoms with Gasteiger partial charge >= 0.3 is 0 Å². The Hall–Kier alpha value is -1.40. The first-order chi connectivity index (χ1) is 9.13. The molecule has 2 aromatic rings. The van der Waals surface area contributed by atoms with Gasteiger partial charge in [0.05, 0.1) is 5.69 Å². The average Bonchev–Trinajstić information content (AvgIpc) is 2.96. The second-order valence-corrected chi connectivity index (χ2v) is 6.61. The van der Waals surface area contributed by atoms with Crippen LogP contribution in [0.15, 0.2) is 29.6 Å². The number of rotatable bonds is 2.